The van der Waals surface area contributed by atoms with Crippen molar-refractivity contribution in [3.63, 3.8) is 0 Å². The van der Waals surface area contributed by atoms with Crippen LogP contribution in [0.3, 0.4) is 0 Å². The van der Waals surface area contributed by atoms with Crippen molar-refractivity contribution in [2.24, 2.45) is 5.92 Å². The average molecular weight is 320 g/mol. The van der Waals surface area contributed by atoms with E-state index in [-0.39, 0.29) is 12.8 Å². The molecule has 0 radical (unpaired) electrons. The van der Waals surface area contributed by atoms with E-state index < -0.39 is 12.1 Å². The van der Waals surface area contributed by atoms with Gasteiger partial charge in [-0.25, -0.2) is 0 Å². The number of anilines is 1. The van der Waals surface area contributed by atoms with Gasteiger partial charge >= 0.3 is 6.18 Å². The predicted molar refractivity (Wildman–Crippen MR) is 71.5 cm³/mol. The molecule has 1 fully saturated rings. The molecule has 114 valence electrons. The zero-order valence-corrected chi connectivity index (χ0v) is 12.0. The maximum absolute atomic E-state index is 12.7. The summed E-state index contributed by atoms with van der Waals surface area (Å²) in [5.41, 5.74) is 0.695. The Morgan fingerprint density at radius 2 is 1.95 bits per heavy atom. The number of hydrogen-bond acceptors (Lipinski definition) is 4. The zero-order valence-electron chi connectivity index (χ0n) is 11.2. The van der Waals surface area contributed by atoms with Gasteiger partial charge in [0, 0.05) is 18.7 Å². The summed E-state index contributed by atoms with van der Waals surface area (Å²) in [5.74, 6) is -0.223. The first-order valence-electron chi connectivity index (χ1n) is 6.55. The lowest BCUT2D eigenvalue weighted by atomic mass is 9.96. The van der Waals surface area contributed by atoms with Crippen LogP contribution in [0.2, 0.25) is 5.15 Å². The molecule has 0 unspecified atom stereocenters. The summed E-state index contributed by atoms with van der Waals surface area (Å²) < 4.78 is 39.7. The van der Waals surface area contributed by atoms with Crippen LogP contribution in [0.15, 0.2) is 6.33 Å². The van der Waals surface area contributed by atoms with E-state index in [4.69, 9.17) is 11.6 Å². The van der Waals surface area contributed by atoms with Crippen LogP contribution < -0.4 is 4.90 Å². The Hall–Kier alpha value is -1.57. The van der Waals surface area contributed by atoms with Crippen molar-refractivity contribution in [2.75, 3.05) is 18.0 Å². The largest absolute Gasteiger partial charge is 0.391 e. The Kier molecular flexibility index (Phi) is 3.43. The van der Waals surface area contributed by atoms with Gasteiger partial charge in [-0.05, 0) is 19.8 Å². The number of nitrogens with zero attached hydrogens (tertiary/aromatic N) is 5. The smallest absolute Gasteiger partial charge is 0.356 e. The van der Waals surface area contributed by atoms with Gasteiger partial charge in [0.2, 0.25) is 0 Å². The molecule has 0 aliphatic carbocycles. The number of piperidine rings is 1. The van der Waals surface area contributed by atoms with E-state index in [2.05, 4.69) is 15.1 Å². The Labute approximate surface area is 123 Å². The lowest BCUT2D eigenvalue weighted by molar-refractivity contribution is -0.179. The molecule has 2 aromatic rings. The fourth-order valence-corrected chi connectivity index (χ4v) is 2.83. The molecule has 2 aromatic heterocycles. The third kappa shape index (κ3) is 2.52. The van der Waals surface area contributed by atoms with E-state index in [0.29, 0.717) is 35.4 Å². The van der Waals surface area contributed by atoms with Crippen molar-refractivity contribution in [1.82, 2.24) is 19.6 Å². The molecule has 3 rings (SSSR count). The van der Waals surface area contributed by atoms with Gasteiger partial charge in [-0.2, -0.15) is 32.8 Å². The molecule has 0 saturated carbocycles. The van der Waals surface area contributed by atoms with E-state index in [9.17, 15) is 13.2 Å². The Bertz CT molecular complexity index is 661. The van der Waals surface area contributed by atoms with E-state index >= 15 is 0 Å². The van der Waals surface area contributed by atoms with Crippen molar-refractivity contribution < 1.29 is 13.2 Å². The third-order valence-corrected chi connectivity index (χ3v) is 4.20. The van der Waals surface area contributed by atoms with Crippen molar-refractivity contribution in [2.45, 2.75) is 25.9 Å². The SMILES string of the molecule is Cc1c(Cl)nc2ncnn2c1N1CCC(C(F)(F)F)CC1. The molecule has 0 aromatic carbocycles. The quantitative estimate of drug-likeness (QED) is 0.758. The molecule has 0 N–H and O–H groups in total. The van der Waals surface area contributed by atoms with Crippen LogP contribution in [-0.2, 0) is 0 Å². The number of halogens is 4. The Morgan fingerprint density at radius 1 is 1.29 bits per heavy atom. The lowest BCUT2D eigenvalue weighted by Gasteiger charge is -2.34. The minimum atomic E-state index is -4.13. The minimum Gasteiger partial charge on any atom is -0.356 e. The summed E-state index contributed by atoms with van der Waals surface area (Å²) in [7, 11) is 0. The number of hydrogen-bond donors (Lipinski definition) is 0. The first-order chi connectivity index (χ1) is 9.88. The van der Waals surface area contributed by atoms with Crippen LogP contribution in [0.1, 0.15) is 18.4 Å². The highest BCUT2D eigenvalue weighted by Gasteiger charge is 2.41. The number of aromatic nitrogens is 4. The normalized spacial score (nSPS) is 17.7. The molecule has 1 saturated heterocycles. The molecule has 1 aliphatic heterocycles. The first-order valence-corrected chi connectivity index (χ1v) is 6.93. The summed E-state index contributed by atoms with van der Waals surface area (Å²) in [6, 6.07) is 0. The van der Waals surface area contributed by atoms with Crippen LogP contribution in [0, 0.1) is 12.8 Å². The highest BCUT2D eigenvalue weighted by atomic mass is 35.5. The van der Waals surface area contributed by atoms with Crippen LogP contribution in [0.5, 0.6) is 0 Å². The van der Waals surface area contributed by atoms with Crippen LogP contribution >= 0.6 is 11.6 Å². The molecular weight excluding hydrogens is 307 g/mol. The molecule has 9 heteroatoms. The van der Waals surface area contributed by atoms with E-state index in [1.165, 1.54) is 10.8 Å². The Balaban J connectivity index is 1.92. The fraction of sp³-hybridized carbons (Fsp3) is 0.583. The van der Waals surface area contributed by atoms with Gasteiger partial charge in [-0.15, -0.1) is 0 Å². The molecular formula is C12H13ClF3N5. The molecule has 0 bridgehead atoms. The summed E-state index contributed by atoms with van der Waals surface area (Å²) in [5, 5.41) is 4.38. The van der Waals surface area contributed by atoms with Crippen molar-refractivity contribution >= 4 is 23.2 Å². The van der Waals surface area contributed by atoms with Gasteiger partial charge in [-0.3, -0.25) is 0 Å². The standard InChI is InChI=1S/C12H13ClF3N5/c1-7-9(13)19-11-17-6-18-21(11)10(7)20-4-2-8(3-5-20)12(14,15)16/h6,8H,2-5H2,1H3. The van der Waals surface area contributed by atoms with E-state index in [1.807, 2.05) is 4.90 Å². The fourth-order valence-electron chi connectivity index (χ4n) is 2.67. The minimum absolute atomic E-state index is 0.0685. The number of rotatable bonds is 1. The molecule has 0 spiro atoms. The monoisotopic (exact) mass is 319 g/mol. The number of alkyl halides is 3. The zero-order chi connectivity index (χ0) is 15.2. The topological polar surface area (TPSA) is 46.3 Å². The van der Waals surface area contributed by atoms with Gasteiger partial charge in [0.05, 0.1) is 5.92 Å². The lowest BCUT2D eigenvalue weighted by Crippen LogP contribution is -2.40. The summed E-state index contributed by atoms with van der Waals surface area (Å²) in [6.45, 7) is 2.39. The molecule has 0 atom stereocenters. The van der Waals surface area contributed by atoms with Crippen LogP contribution in [0.25, 0.3) is 5.78 Å². The van der Waals surface area contributed by atoms with Crippen LogP contribution in [0.4, 0.5) is 19.0 Å². The maximum atomic E-state index is 12.7. The van der Waals surface area contributed by atoms with Gasteiger partial charge < -0.3 is 4.90 Å². The second-order valence-corrected chi connectivity index (χ2v) is 5.48. The Morgan fingerprint density at radius 3 is 2.57 bits per heavy atom. The summed E-state index contributed by atoms with van der Waals surface area (Å²) in [6.07, 6.45) is -2.64. The van der Waals surface area contributed by atoms with Crippen LogP contribution in [-0.4, -0.2) is 38.8 Å². The third-order valence-electron chi connectivity index (χ3n) is 3.83. The van der Waals surface area contributed by atoms with E-state index in [1.54, 1.807) is 6.92 Å². The number of fused-ring (bicyclic) bond motifs is 1. The van der Waals surface area contributed by atoms with Crippen molar-refractivity contribution in [1.29, 1.82) is 0 Å². The highest BCUT2D eigenvalue weighted by Crippen LogP contribution is 2.36. The summed E-state index contributed by atoms with van der Waals surface area (Å²) >= 11 is 6.07. The molecule has 1 aliphatic rings. The van der Waals surface area contributed by atoms with Gasteiger partial charge in [0.15, 0.2) is 0 Å². The van der Waals surface area contributed by atoms with Gasteiger partial charge in [0.25, 0.3) is 5.78 Å². The average Bonchev–Trinajstić information content (AvgIpc) is 2.87. The highest BCUT2D eigenvalue weighted by molar-refractivity contribution is 6.30. The first kappa shape index (κ1) is 14.4. The van der Waals surface area contributed by atoms with Crippen molar-refractivity contribution in [3.05, 3.63) is 17.0 Å². The maximum Gasteiger partial charge on any atom is 0.391 e. The van der Waals surface area contributed by atoms with Crippen molar-refractivity contribution in [3.8, 4) is 0 Å². The predicted octanol–water partition coefficient (Wildman–Crippen LogP) is 2.86. The molecule has 3 heterocycles. The molecule has 21 heavy (non-hydrogen) atoms. The molecule has 5 nitrogen and oxygen atoms in total. The summed E-state index contributed by atoms with van der Waals surface area (Å²) in [4.78, 5) is 9.94. The van der Waals surface area contributed by atoms with E-state index in [0.717, 1.165) is 0 Å². The van der Waals surface area contributed by atoms with Gasteiger partial charge in [0.1, 0.15) is 17.3 Å². The second-order valence-electron chi connectivity index (χ2n) is 5.13. The molecule has 0 amide bonds. The second kappa shape index (κ2) is 5.01. The van der Waals surface area contributed by atoms with Gasteiger partial charge in [-0.1, -0.05) is 11.6 Å².